The molecule has 2 unspecified atom stereocenters. The van der Waals surface area contributed by atoms with Gasteiger partial charge in [-0.1, -0.05) is 39.7 Å². The largest absolute Gasteiger partial charge is 0.376 e. The Hall–Kier alpha value is -0.0800. The molecule has 0 fully saturated rings. The summed E-state index contributed by atoms with van der Waals surface area (Å²) in [6, 6.07) is 0. The van der Waals surface area contributed by atoms with E-state index in [0.29, 0.717) is 4.83 Å². The molecule has 0 saturated heterocycles. The fraction of sp³-hybridized carbons (Fsp3) is 0.500. The van der Waals surface area contributed by atoms with Crippen LogP contribution in [0.4, 0.5) is 0 Å². The van der Waals surface area contributed by atoms with Gasteiger partial charge < -0.3 is 4.74 Å². The number of rotatable bonds is 1. The zero-order chi connectivity index (χ0) is 7.56. The van der Waals surface area contributed by atoms with Gasteiger partial charge in [0.1, 0.15) is 0 Å². The summed E-state index contributed by atoms with van der Waals surface area (Å²) in [5, 5.41) is 0. The molecule has 56 valence electrons. The van der Waals surface area contributed by atoms with Gasteiger partial charge in [0.2, 0.25) is 0 Å². The Labute approximate surface area is 69.9 Å². The summed E-state index contributed by atoms with van der Waals surface area (Å²) in [6.45, 7) is 2.08. The van der Waals surface area contributed by atoms with Crippen LogP contribution >= 0.6 is 15.9 Å². The topological polar surface area (TPSA) is 9.23 Å². The third-order valence-corrected chi connectivity index (χ3v) is 2.34. The summed E-state index contributed by atoms with van der Waals surface area (Å²) in [5.74, 6) is 0. The summed E-state index contributed by atoms with van der Waals surface area (Å²) in [7, 11) is 1.72. The molecule has 0 aromatic rings. The molecule has 0 bridgehead atoms. The Kier molecular flexibility index (Phi) is 2.69. The van der Waals surface area contributed by atoms with Crippen LogP contribution in [0, 0.1) is 0 Å². The lowest BCUT2D eigenvalue weighted by molar-refractivity contribution is 0.147. The molecule has 1 nitrogen and oxygen atoms in total. The molecule has 0 aromatic heterocycles. The van der Waals surface area contributed by atoms with Gasteiger partial charge in [0.05, 0.1) is 10.9 Å². The number of allylic oxidation sites excluding steroid dienone is 2. The molecule has 0 amide bonds. The summed E-state index contributed by atoms with van der Waals surface area (Å²) in [4.78, 5) is 0.336. The van der Waals surface area contributed by atoms with Crippen LogP contribution in [0.1, 0.15) is 6.92 Å². The van der Waals surface area contributed by atoms with Crippen LogP contribution in [0.2, 0.25) is 0 Å². The molecule has 1 rings (SSSR count). The van der Waals surface area contributed by atoms with Crippen LogP contribution in [-0.2, 0) is 4.74 Å². The number of hydrogen-bond donors (Lipinski definition) is 0. The van der Waals surface area contributed by atoms with E-state index in [1.807, 2.05) is 0 Å². The second-order valence-electron chi connectivity index (χ2n) is 2.41. The highest BCUT2D eigenvalue weighted by Gasteiger charge is 2.15. The Balaban J connectivity index is 2.64. The number of methoxy groups -OCH3 is 1. The zero-order valence-electron chi connectivity index (χ0n) is 6.17. The lowest BCUT2D eigenvalue weighted by Gasteiger charge is -2.18. The average molecular weight is 203 g/mol. The van der Waals surface area contributed by atoms with E-state index in [4.69, 9.17) is 4.74 Å². The predicted octanol–water partition coefficient (Wildman–Crippen LogP) is 2.28. The number of hydrogen-bond acceptors (Lipinski definition) is 1. The second kappa shape index (κ2) is 3.35. The maximum absolute atomic E-state index is 5.17. The van der Waals surface area contributed by atoms with E-state index in [1.54, 1.807) is 7.11 Å². The van der Waals surface area contributed by atoms with E-state index in [0.717, 1.165) is 0 Å². The molecule has 0 aromatic carbocycles. The highest BCUT2D eigenvalue weighted by Crippen LogP contribution is 2.19. The van der Waals surface area contributed by atoms with Gasteiger partial charge in [0, 0.05) is 7.11 Å². The van der Waals surface area contributed by atoms with Gasteiger partial charge in [-0.05, 0) is 6.92 Å². The van der Waals surface area contributed by atoms with E-state index < -0.39 is 0 Å². The van der Waals surface area contributed by atoms with Crippen LogP contribution < -0.4 is 0 Å². The smallest absolute Gasteiger partial charge is 0.0915 e. The van der Waals surface area contributed by atoms with Crippen LogP contribution in [-0.4, -0.2) is 18.0 Å². The minimum absolute atomic E-state index is 0.198. The van der Waals surface area contributed by atoms with E-state index in [2.05, 4.69) is 41.1 Å². The van der Waals surface area contributed by atoms with Gasteiger partial charge in [0.15, 0.2) is 0 Å². The maximum Gasteiger partial charge on any atom is 0.0915 e. The van der Waals surface area contributed by atoms with Gasteiger partial charge in [-0.3, -0.25) is 0 Å². The molecular formula is C8H11BrO. The van der Waals surface area contributed by atoms with Crippen LogP contribution in [0.5, 0.6) is 0 Å². The normalized spacial score (nSPS) is 32.1. The SMILES string of the molecule is COC1C=CC(C)=CC1Br. The first-order chi connectivity index (χ1) is 4.74. The molecule has 0 heterocycles. The van der Waals surface area contributed by atoms with Crippen molar-refractivity contribution in [2.75, 3.05) is 7.11 Å². The third kappa shape index (κ3) is 1.70. The van der Waals surface area contributed by atoms with Gasteiger partial charge in [-0.15, -0.1) is 0 Å². The highest BCUT2D eigenvalue weighted by atomic mass is 79.9. The summed E-state index contributed by atoms with van der Waals surface area (Å²) < 4.78 is 5.17. The summed E-state index contributed by atoms with van der Waals surface area (Å²) >= 11 is 3.50. The highest BCUT2D eigenvalue weighted by molar-refractivity contribution is 9.09. The Bertz CT molecular complexity index is 172. The predicted molar refractivity (Wildman–Crippen MR) is 46.4 cm³/mol. The van der Waals surface area contributed by atoms with E-state index in [1.165, 1.54) is 5.57 Å². The molecule has 1 aliphatic rings. The second-order valence-corrected chi connectivity index (χ2v) is 3.47. The third-order valence-electron chi connectivity index (χ3n) is 1.56. The molecule has 0 radical (unpaired) electrons. The lowest BCUT2D eigenvalue weighted by Crippen LogP contribution is -2.20. The zero-order valence-corrected chi connectivity index (χ0v) is 7.76. The first kappa shape index (κ1) is 8.02. The molecule has 0 aliphatic heterocycles. The molecular weight excluding hydrogens is 192 g/mol. The van der Waals surface area contributed by atoms with Crippen molar-refractivity contribution in [3.05, 3.63) is 23.8 Å². The molecule has 0 saturated carbocycles. The minimum atomic E-state index is 0.198. The monoisotopic (exact) mass is 202 g/mol. The first-order valence-corrected chi connectivity index (χ1v) is 4.19. The molecule has 2 atom stereocenters. The van der Waals surface area contributed by atoms with Crippen molar-refractivity contribution >= 4 is 15.9 Å². The molecule has 0 spiro atoms. The molecule has 1 aliphatic carbocycles. The minimum Gasteiger partial charge on any atom is -0.376 e. The quantitative estimate of drug-likeness (QED) is 0.594. The molecule has 10 heavy (non-hydrogen) atoms. The van der Waals surface area contributed by atoms with Crippen LogP contribution in [0.3, 0.4) is 0 Å². The summed E-state index contributed by atoms with van der Waals surface area (Å²) in [5.41, 5.74) is 1.29. The van der Waals surface area contributed by atoms with Crippen molar-refractivity contribution in [3.63, 3.8) is 0 Å². The standard InChI is InChI=1S/C8H11BrO/c1-6-3-4-8(10-2)7(9)5-6/h3-5,7-8H,1-2H3. The Morgan fingerprint density at radius 3 is 2.80 bits per heavy atom. The number of halogens is 1. The molecule has 2 heteroatoms. The molecule has 0 N–H and O–H groups in total. The number of ether oxygens (including phenoxy) is 1. The maximum atomic E-state index is 5.17. The van der Waals surface area contributed by atoms with Gasteiger partial charge in [-0.2, -0.15) is 0 Å². The van der Waals surface area contributed by atoms with Crippen LogP contribution in [0.25, 0.3) is 0 Å². The fourth-order valence-electron chi connectivity index (χ4n) is 0.963. The van der Waals surface area contributed by atoms with Crippen molar-refractivity contribution in [2.24, 2.45) is 0 Å². The van der Waals surface area contributed by atoms with E-state index in [9.17, 15) is 0 Å². The Morgan fingerprint density at radius 2 is 2.30 bits per heavy atom. The number of alkyl halides is 1. The average Bonchev–Trinajstić information content (AvgIpc) is 1.88. The summed E-state index contributed by atoms with van der Waals surface area (Å²) in [6.07, 6.45) is 6.48. The van der Waals surface area contributed by atoms with Gasteiger partial charge in [0.25, 0.3) is 0 Å². The van der Waals surface area contributed by atoms with E-state index >= 15 is 0 Å². The first-order valence-electron chi connectivity index (χ1n) is 3.27. The van der Waals surface area contributed by atoms with E-state index in [-0.39, 0.29) is 6.10 Å². The van der Waals surface area contributed by atoms with Crippen molar-refractivity contribution in [1.82, 2.24) is 0 Å². The van der Waals surface area contributed by atoms with Crippen LogP contribution in [0.15, 0.2) is 23.8 Å². The van der Waals surface area contributed by atoms with Gasteiger partial charge >= 0.3 is 0 Å². The van der Waals surface area contributed by atoms with Crippen molar-refractivity contribution in [3.8, 4) is 0 Å². The fourth-order valence-corrected chi connectivity index (χ4v) is 1.77. The van der Waals surface area contributed by atoms with Crippen molar-refractivity contribution in [2.45, 2.75) is 17.9 Å². The lowest BCUT2D eigenvalue weighted by atomic mass is 10.1. The Morgan fingerprint density at radius 1 is 1.60 bits per heavy atom. The van der Waals surface area contributed by atoms with Crippen molar-refractivity contribution < 1.29 is 4.74 Å². The van der Waals surface area contributed by atoms with Crippen molar-refractivity contribution in [1.29, 1.82) is 0 Å². The van der Waals surface area contributed by atoms with Gasteiger partial charge in [-0.25, -0.2) is 0 Å².